The summed E-state index contributed by atoms with van der Waals surface area (Å²) in [6.45, 7) is 5.48. The summed E-state index contributed by atoms with van der Waals surface area (Å²) in [6.07, 6.45) is 0. The van der Waals surface area contributed by atoms with E-state index in [4.69, 9.17) is 0 Å². The highest BCUT2D eigenvalue weighted by molar-refractivity contribution is 5.85. The Balaban J connectivity index is 0.00000225. The summed E-state index contributed by atoms with van der Waals surface area (Å²) >= 11 is 0. The van der Waals surface area contributed by atoms with Gasteiger partial charge in [0.1, 0.15) is 0 Å². The van der Waals surface area contributed by atoms with Crippen molar-refractivity contribution < 1.29 is 9.59 Å². The van der Waals surface area contributed by atoms with Crippen molar-refractivity contribution in [1.29, 1.82) is 0 Å². The molecule has 0 radical (unpaired) electrons. The first-order valence-corrected chi connectivity index (χ1v) is 5.18. The molecule has 1 fully saturated rings. The highest BCUT2D eigenvalue weighted by Gasteiger charge is 2.30. The van der Waals surface area contributed by atoms with Gasteiger partial charge in [0, 0.05) is 26.7 Å². The second kappa shape index (κ2) is 6.06. The minimum atomic E-state index is -0.554. The molecule has 0 saturated carbocycles. The van der Waals surface area contributed by atoms with Gasteiger partial charge in [-0.15, -0.1) is 12.4 Å². The third-order valence-electron chi connectivity index (χ3n) is 2.70. The third-order valence-corrected chi connectivity index (χ3v) is 2.70. The number of hydrogen-bond acceptors (Lipinski definition) is 3. The van der Waals surface area contributed by atoms with E-state index in [1.807, 2.05) is 13.8 Å². The molecule has 5 nitrogen and oxygen atoms in total. The molecule has 0 atom stereocenters. The first kappa shape index (κ1) is 15.2. The van der Waals surface area contributed by atoms with Crippen LogP contribution in [-0.4, -0.2) is 38.5 Å². The van der Waals surface area contributed by atoms with Crippen LogP contribution in [0.15, 0.2) is 0 Å². The summed E-state index contributed by atoms with van der Waals surface area (Å²) in [4.78, 5) is 22.9. The predicted octanol–water partition coefficient (Wildman–Crippen LogP) is -0.484. The summed E-state index contributed by atoms with van der Waals surface area (Å²) in [5.41, 5.74) is -0.554. The molecule has 1 heterocycles. The Kier molecular flexibility index (Phi) is 5.75. The van der Waals surface area contributed by atoms with Gasteiger partial charge in [0.25, 0.3) is 0 Å². The van der Waals surface area contributed by atoms with E-state index < -0.39 is 5.41 Å². The van der Waals surface area contributed by atoms with Crippen LogP contribution in [0.2, 0.25) is 0 Å². The maximum Gasteiger partial charge on any atom is 0.227 e. The number of halogens is 1. The molecule has 1 aliphatic heterocycles. The highest BCUT2D eigenvalue weighted by atomic mass is 35.5. The Morgan fingerprint density at radius 3 is 2.31 bits per heavy atom. The van der Waals surface area contributed by atoms with Crippen molar-refractivity contribution in [2.45, 2.75) is 13.8 Å². The topological polar surface area (TPSA) is 70.2 Å². The van der Waals surface area contributed by atoms with Crippen LogP contribution in [-0.2, 0) is 9.59 Å². The van der Waals surface area contributed by atoms with Gasteiger partial charge in [0.05, 0.1) is 11.3 Å². The molecule has 2 amide bonds. The average Bonchev–Trinajstić information content (AvgIpc) is 2.11. The predicted molar refractivity (Wildman–Crippen MR) is 64.5 cm³/mol. The molecule has 1 rings (SSSR count). The van der Waals surface area contributed by atoms with Gasteiger partial charge in [0.2, 0.25) is 11.8 Å². The largest absolute Gasteiger partial charge is 0.359 e. The van der Waals surface area contributed by atoms with Crippen molar-refractivity contribution in [3.8, 4) is 0 Å². The van der Waals surface area contributed by atoms with Crippen molar-refractivity contribution in [1.82, 2.24) is 16.0 Å². The molecule has 1 aliphatic rings. The molecule has 0 aromatic heterocycles. The van der Waals surface area contributed by atoms with Crippen molar-refractivity contribution in [2.24, 2.45) is 11.3 Å². The molecule has 94 valence electrons. The van der Waals surface area contributed by atoms with Crippen LogP contribution in [0, 0.1) is 11.3 Å². The fourth-order valence-corrected chi connectivity index (χ4v) is 1.35. The normalized spacial score (nSPS) is 15.7. The molecule has 0 aliphatic carbocycles. The van der Waals surface area contributed by atoms with Crippen molar-refractivity contribution in [3.63, 3.8) is 0 Å². The standard InChI is InChI=1S/C10H19N3O2.ClH/c1-10(2,9(15)11-3)6-13-8(14)7-4-12-5-7;/h7,12H,4-6H2,1-3H3,(H,11,15)(H,13,14);1H. The maximum atomic E-state index is 11.5. The van der Waals surface area contributed by atoms with Gasteiger partial charge in [-0.2, -0.15) is 0 Å². The summed E-state index contributed by atoms with van der Waals surface area (Å²) in [7, 11) is 1.60. The molecular weight excluding hydrogens is 230 g/mol. The SMILES string of the molecule is CNC(=O)C(C)(C)CNC(=O)C1CNC1.Cl. The molecule has 0 aromatic carbocycles. The smallest absolute Gasteiger partial charge is 0.227 e. The van der Waals surface area contributed by atoms with Gasteiger partial charge >= 0.3 is 0 Å². The van der Waals surface area contributed by atoms with Gasteiger partial charge in [0.15, 0.2) is 0 Å². The van der Waals surface area contributed by atoms with E-state index in [0.717, 1.165) is 13.1 Å². The monoisotopic (exact) mass is 249 g/mol. The first-order valence-electron chi connectivity index (χ1n) is 5.18. The Hall–Kier alpha value is -0.810. The number of amides is 2. The van der Waals surface area contributed by atoms with Gasteiger partial charge in [-0.1, -0.05) is 0 Å². The summed E-state index contributed by atoms with van der Waals surface area (Å²) in [5, 5.41) is 8.42. The molecule has 0 aromatic rings. The molecule has 0 unspecified atom stereocenters. The number of carbonyl (C=O) groups excluding carboxylic acids is 2. The highest BCUT2D eigenvalue weighted by Crippen LogP contribution is 2.13. The Bertz CT molecular complexity index is 265. The Morgan fingerprint density at radius 2 is 1.94 bits per heavy atom. The lowest BCUT2D eigenvalue weighted by Gasteiger charge is -2.28. The maximum absolute atomic E-state index is 11.5. The number of nitrogens with one attached hydrogen (secondary N) is 3. The van der Waals surface area contributed by atoms with Crippen molar-refractivity contribution in [2.75, 3.05) is 26.7 Å². The van der Waals surface area contributed by atoms with E-state index in [9.17, 15) is 9.59 Å². The zero-order valence-corrected chi connectivity index (χ0v) is 10.7. The van der Waals surface area contributed by atoms with Crippen LogP contribution < -0.4 is 16.0 Å². The average molecular weight is 250 g/mol. The third kappa shape index (κ3) is 3.64. The molecule has 16 heavy (non-hydrogen) atoms. The molecular formula is C10H20ClN3O2. The van der Waals surface area contributed by atoms with Gasteiger partial charge in [-0.05, 0) is 13.8 Å². The molecule has 0 bridgehead atoms. The summed E-state index contributed by atoms with van der Waals surface area (Å²) in [6, 6.07) is 0. The van der Waals surface area contributed by atoms with Crippen LogP contribution >= 0.6 is 12.4 Å². The second-order valence-electron chi connectivity index (χ2n) is 4.54. The van der Waals surface area contributed by atoms with E-state index in [2.05, 4.69) is 16.0 Å². The summed E-state index contributed by atoms with van der Waals surface area (Å²) < 4.78 is 0. The van der Waals surface area contributed by atoms with Crippen LogP contribution in [0.3, 0.4) is 0 Å². The first-order chi connectivity index (χ1) is 6.97. The minimum Gasteiger partial charge on any atom is -0.359 e. The van der Waals surface area contributed by atoms with E-state index in [1.165, 1.54) is 0 Å². The molecule has 1 saturated heterocycles. The Morgan fingerprint density at radius 1 is 1.38 bits per heavy atom. The van der Waals surface area contributed by atoms with E-state index in [1.54, 1.807) is 7.05 Å². The van der Waals surface area contributed by atoms with Gasteiger partial charge in [-0.25, -0.2) is 0 Å². The van der Waals surface area contributed by atoms with Crippen LogP contribution in [0.25, 0.3) is 0 Å². The van der Waals surface area contributed by atoms with E-state index in [0.29, 0.717) is 6.54 Å². The van der Waals surface area contributed by atoms with Gasteiger partial charge in [-0.3, -0.25) is 9.59 Å². The quantitative estimate of drug-likeness (QED) is 0.630. The zero-order chi connectivity index (χ0) is 11.5. The van der Waals surface area contributed by atoms with Crippen molar-refractivity contribution >= 4 is 24.2 Å². The zero-order valence-electron chi connectivity index (χ0n) is 9.92. The fourth-order valence-electron chi connectivity index (χ4n) is 1.35. The van der Waals surface area contributed by atoms with Crippen LogP contribution in [0.4, 0.5) is 0 Å². The number of hydrogen-bond donors (Lipinski definition) is 3. The molecule has 0 spiro atoms. The second-order valence-corrected chi connectivity index (χ2v) is 4.54. The lowest BCUT2D eigenvalue weighted by atomic mass is 9.91. The molecule has 3 N–H and O–H groups in total. The minimum absolute atomic E-state index is 0. The lowest BCUT2D eigenvalue weighted by Crippen LogP contribution is -2.53. The number of rotatable bonds is 4. The summed E-state index contributed by atoms with van der Waals surface area (Å²) in [5.74, 6) is 0.0470. The Labute approximate surface area is 102 Å². The number of carbonyl (C=O) groups is 2. The van der Waals surface area contributed by atoms with E-state index in [-0.39, 0.29) is 30.1 Å². The van der Waals surface area contributed by atoms with Crippen LogP contribution in [0.5, 0.6) is 0 Å². The fraction of sp³-hybridized carbons (Fsp3) is 0.800. The van der Waals surface area contributed by atoms with Gasteiger partial charge < -0.3 is 16.0 Å². The van der Waals surface area contributed by atoms with E-state index >= 15 is 0 Å². The molecule has 6 heteroatoms. The van der Waals surface area contributed by atoms with Crippen molar-refractivity contribution in [3.05, 3.63) is 0 Å². The lowest BCUT2D eigenvalue weighted by molar-refractivity contribution is -0.130. The van der Waals surface area contributed by atoms with Crippen LogP contribution in [0.1, 0.15) is 13.8 Å².